The number of aliphatic imine (C=N–C) groups is 2. The first-order chi connectivity index (χ1) is 20.1. The van der Waals surface area contributed by atoms with Gasteiger partial charge in [0.1, 0.15) is 12.4 Å². The van der Waals surface area contributed by atoms with Gasteiger partial charge in [0.2, 0.25) is 0 Å². The smallest absolute Gasteiger partial charge is 0.318 e. The highest BCUT2D eigenvalue weighted by atomic mass is 16.5. The Kier molecular flexibility index (Phi) is 8.46. The molecule has 2 saturated heterocycles. The summed E-state index contributed by atoms with van der Waals surface area (Å²) in [6, 6.07) is 17.1. The second-order valence-corrected chi connectivity index (χ2v) is 11.5. The van der Waals surface area contributed by atoms with Gasteiger partial charge >= 0.3 is 6.01 Å². The van der Waals surface area contributed by atoms with Gasteiger partial charge in [-0.2, -0.15) is 9.97 Å². The SMILES string of the molecule is COCCN=C=N[C@@H]1CCN(c2nc(OC[C@@H]3CCCN3C)nc3c2CCN(c2cccc4cccc(C)c24)C3)C1. The topological polar surface area (TPSA) is 78.7 Å². The van der Waals surface area contributed by atoms with Crippen LogP contribution in [0.4, 0.5) is 11.5 Å². The molecule has 0 radical (unpaired) electrons. The number of likely N-dealkylation sites (tertiary alicyclic amines) is 1. The predicted octanol–water partition coefficient (Wildman–Crippen LogP) is 4.37. The third kappa shape index (κ3) is 6.08. The van der Waals surface area contributed by atoms with Crippen LogP contribution in [0.25, 0.3) is 10.8 Å². The largest absolute Gasteiger partial charge is 0.462 e. The molecule has 3 aromatic rings. The molecule has 0 amide bonds. The molecule has 2 aromatic carbocycles. The normalized spacial score (nSPS) is 20.8. The van der Waals surface area contributed by atoms with Gasteiger partial charge in [0.25, 0.3) is 0 Å². The van der Waals surface area contributed by atoms with Crippen LogP contribution in [0.1, 0.15) is 36.1 Å². The second kappa shape index (κ2) is 12.6. The fourth-order valence-corrected chi connectivity index (χ4v) is 6.40. The molecule has 3 aliphatic heterocycles. The lowest BCUT2D eigenvalue weighted by atomic mass is 10.00. The maximum Gasteiger partial charge on any atom is 0.318 e. The Bertz CT molecular complexity index is 1430. The molecule has 0 N–H and O–H groups in total. The van der Waals surface area contributed by atoms with E-state index in [4.69, 9.17) is 19.4 Å². The van der Waals surface area contributed by atoms with Crippen molar-refractivity contribution in [1.29, 1.82) is 0 Å². The summed E-state index contributed by atoms with van der Waals surface area (Å²) in [5.41, 5.74) is 4.87. The molecular weight excluding hydrogens is 514 g/mol. The summed E-state index contributed by atoms with van der Waals surface area (Å²) in [6.07, 6.45) is 4.21. The first-order valence-electron chi connectivity index (χ1n) is 14.9. The van der Waals surface area contributed by atoms with Gasteiger partial charge < -0.3 is 24.2 Å². The molecule has 0 spiro atoms. The fraction of sp³-hybridized carbons (Fsp3) is 0.531. The van der Waals surface area contributed by atoms with Crippen LogP contribution in [0.3, 0.4) is 0 Å². The van der Waals surface area contributed by atoms with Gasteiger partial charge in [0.15, 0.2) is 0 Å². The van der Waals surface area contributed by atoms with Gasteiger partial charge in [0.05, 0.1) is 37.4 Å². The molecule has 0 aliphatic carbocycles. The summed E-state index contributed by atoms with van der Waals surface area (Å²) < 4.78 is 11.4. The van der Waals surface area contributed by atoms with Crippen molar-refractivity contribution in [3.63, 3.8) is 0 Å². The zero-order valence-corrected chi connectivity index (χ0v) is 24.6. The number of aryl methyl sites for hydroxylation is 1. The van der Waals surface area contributed by atoms with Crippen molar-refractivity contribution in [2.45, 2.75) is 51.2 Å². The Morgan fingerprint density at radius 1 is 1.05 bits per heavy atom. The predicted molar refractivity (Wildman–Crippen MR) is 164 cm³/mol. The van der Waals surface area contributed by atoms with Crippen molar-refractivity contribution in [1.82, 2.24) is 14.9 Å². The van der Waals surface area contributed by atoms with E-state index in [1.807, 2.05) is 0 Å². The molecule has 0 bridgehead atoms. The summed E-state index contributed by atoms with van der Waals surface area (Å²) in [6.45, 7) is 8.46. The molecule has 0 saturated carbocycles. The maximum atomic E-state index is 6.31. The summed E-state index contributed by atoms with van der Waals surface area (Å²) in [5, 5.41) is 2.59. The van der Waals surface area contributed by atoms with Crippen LogP contribution < -0.4 is 14.5 Å². The van der Waals surface area contributed by atoms with Crippen molar-refractivity contribution >= 4 is 28.3 Å². The number of fused-ring (bicyclic) bond motifs is 2. The molecule has 9 nitrogen and oxygen atoms in total. The molecule has 2 fully saturated rings. The molecule has 9 heteroatoms. The molecule has 41 heavy (non-hydrogen) atoms. The van der Waals surface area contributed by atoms with Gasteiger partial charge in [-0.15, -0.1) is 0 Å². The number of aromatic nitrogens is 2. The average Bonchev–Trinajstić information content (AvgIpc) is 3.64. The molecule has 6 rings (SSSR count). The number of benzene rings is 2. The molecule has 0 unspecified atom stereocenters. The lowest BCUT2D eigenvalue weighted by molar-refractivity contribution is 0.187. The van der Waals surface area contributed by atoms with Gasteiger partial charge in [-0.05, 0) is 63.2 Å². The number of hydrogen-bond acceptors (Lipinski definition) is 9. The van der Waals surface area contributed by atoms with Crippen molar-refractivity contribution in [3.05, 3.63) is 53.2 Å². The zero-order chi connectivity index (χ0) is 28.2. The monoisotopic (exact) mass is 555 g/mol. The molecule has 4 heterocycles. The Morgan fingerprint density at radius 3 is 2.76 bits per heavy atom. The fourth-order valence-electron chi connectivity index (χ4n) is 6.40. The second-order valence-electron chi connectivity index (χ2n) is 11.5. The minimum atomic E-state index is 0.155. The first-order valence-corrected chi connectivity index (χ1v) is 14.9. The zero-order valence-electron chi connectivity index (χ0n) is 24.6. The molecule has 3 aliphatic rings. The quantitative estimate of drug-likeness (QED) is 0.287. The number of rotatable bonds is 9. The summed E-state index contributed by atoms with van der Waals surface area (Å²) in [4.78, 5) is 26.1. The van der Waals surface area contributed by atoms with Crippen molar-refractivity contribution < 1.29 is 9.47 Å². The highest BCUT2D eigenvalue weighted by Gasteiger charge is 2.31. The van der Waals surface area contributed by atoms with E-state index in [0.29, 0.717) is 31.8 Å². The first kappa shape index (κ1) is 27.6. The van der Waals surface area contributed by atoms with Crippen LogP contribution in [0, 0.1) is 6.92 Å². The van der Waals surface area contributed by atoms with E-state index < -0.39 is 0 Å². The number of methoxy groups -OCH3 is 1. The average molecular weight is 556 g/mol. The van der Waals surface area contributed by atoms with Gasteiger partial charge in [-0.25, -0.2) is 9.98 Å². The van der Waals surface area contributed by atoms with Gasteiger partial charge in [-0.3, -0.25) is 0 Å². The number of ether oxygens (including phenoxy) is 2. The Morgan fingerprint density at radius 2 is 1.93 bits per heavy atom. The highest BCUT2D eigenvalue weighted by molar-refractivity contribution is 5.97. The minimum absolute atomic E-state index is 0.155. The lowest BCUT2D eigenvalue weighted by Gasteiger charge is -2.33. The number of nitrogens with zero attached hydrogens (tertiary/aromatic N) is 7. The van der Waals surface area contributed by atoms with Gasteiger partial charge in [-0.1, -0.05) is 30.3 Å². The molecule has 216 valence electrons. The maximum absolute atomic E-state index is 6.31. The third-order valence-corrected chi connectivity index (χ3v) is 8.71. The number of likely N-dealkylation sites (N-methyl/N-ethyl adjacent to an activating group) is 1. The highest BCUT2D eigenvalue weighted by Crippen LogP contribution is 2.36. The van der Waals surface area contributed by atoms with E-state index in [1.54, 1.807) is 7.11 Å². The van der Waals surface area contributed by atoms with E-state index in [1.165, 1.54) is 34.0 Å². The Hall–Kier alpha value is -3.52. The van der Waals surface area contributed by atoms with Crippen molar-refractivity contribution in [2.75, 3.05) is 69.9 Å². The van der Waals surface area contributed by atoms with Crippen LogP contribution in [0.2, 0.25) is 0 Å². The van der Waals surface area contributed by atoms with Crippen LogP contribution in [0.15, 0.2) is 46.4 Å². The third-order valence-electron chi connectivity index (χ3n) is 8.71. The van der Waals surface area contributed by atoms with Gasteiger partial charge in [0, 0.05) is 49.4 Å². The minimum Gasteiger partial charge on any atom is -0.462 e. The molecule has 1 aromatic heterocycles. The van der Waals surface area contributed by atoms with Crippen LogP contribution >= 0.6 is 0 Å². The standard InChI is InChI=1S/C32H41N7O2/c1-23-7-4-8-24-9-5-11-29(30(23)24)38-17-13-27-28(20-38)35-32(41-21-26-10-6-15-37(26)2)36-31(27)39-16-12-25(19-39)34-22-33-14-18-40-3/h4-5,7-9,11,25-26H,6,10,12-21H2,1-3H3/t25-,26+/m1/s1. The lowest BCUT2D eigenvalue weighted by Crippen LogP contribution is -2.35. The number of hydrogen-bond donors (Lipinski definition) is 0. The van der Waals surface area contributed by atoms with E-state index >= 15 is 0 Å². The van der Waals surface area contributed by atoms with E-state index in [9.17, 15) is 0 Å². The molecular formula is C32H41N7O2. The summed E-state index contributed by atoms with van der Waals surface area (Å²) in [7, 11) is 3.85. The van der Waals surface area contributed by atoms with Crippen molar-refractivity contribution in [3.8, 4) is 6.01 Å². The summed E-state index contributed by atoms with van der Waals surface area (Å²) in [5.74, 6) is 1.01. The van der Waals surface area contributed by atoms with Crippen LogP contribution in [-0.2, 0) is 17.7 Å². The van der Waals surface area contributed by atoms with Crippen LogP contribution in [0.5, 0.6) is 6.01 Å². The van der Waals surface area contributed by atoms with E-state index in [2.05, 4.69) is 81.1 Å². The summed E-state index contributed by atoms with van der Waals surface area (Å²) >= 11 is 0. The van der Waals surface area contributed by atoms with E-state index in [0.717, 1.165) is 63.5 Å². The Labute approximate surface area is 242 Å². The Balaban J connectivity index is 1.28. The van der Waals surface area contributed by atoms with Crippen LogP contribution in [-0.4, -0.2) is 93.1 Å². The van der Waals surface area contributed by atoms with Crippen molar-refractivity contribution in [2.24, 2.45) is 9.98 Å². The number of anilines is 2. The molecule has 2 atom stereocenters. The van der Waals surface area contributed by atoms with E-state index in [-0.39, 0.29) is 6.04 Å².